The summed E-state index contributed by atoms with van der Waals surface area (Å²) < 4.78 is 12.0. The molecule has 5 rings (SSSR count). The molecule has 2 aromatic heterocycles. The third kappa shape index (κ3) is 3.29. The van der Waals surface area contributed by atoms with Gasteiger partial charge < -0.3 is 9.30 Å². The molecule has 2 aromatic carbocycles. The van der Waals surface area contributed by atoms with Crippen LogP contribution in [0.4, 0.5) is 0 Å². The summed E-state index contributed by atoms with van der Waals surface area (Å²) in [5.41, 5.74) is 3.60. The molecule has 0 saturated heterocycles. The second-order valence-corrected chi connectivity index (χ2v) is 8.80. The van der Waals surface area contributed by atoms with Gasteiger partial charge in [-0.15, -0.1) is 0 Å². The highest BCUT2D eigenvalue weighted by Crippen LogP contribution is 2.38. The van der Waals surface area contributed by atoms with Crippen LogP contribution in [0.5, 0.6) is 0 Å². The van der Waals surface area contributed by atoms with Gasteiger partial charge in [-0.05, 0) is 29.3 Å². The summed E-state index contributed by atoms with van der Waals surface area (Å²) in [6, 6.07) is 17.9. The van der Waals surface area contributed by atoms with Gasteiger partial charge in [-0.25, -0.2) is 4.79 Å². The molecule has 0 bridgehead atoms. The van der Waals surface area contributed by atoms with E-state index in [0.29, 0.717) is 24.1 Å². The second kappa shape index (κ2) is 8.07. The van der Waals surface area contributed by atoms with Crippen molar-refractivity contribution in [2.24, 2.45) is 14.1 Å². The Morgan fingerprint density at radius 2 is 1.72 bits per heavy atom. The number of hydrogen-bond donors (Lipinski definition) is 0. The smallest absolute Gasteiger partial charge is 0.331 e. The zero-order valence-corrected chi connectivity index (χ0v) is 19.4. The number of hydrogen-bond acceptors (Lipinski definition) is 3. The Morgan fingerprint density at radius 1 is 1.00 bits per heavy atom. The maximum atomic E-state index is 13.3. The minimum Gasteiger partial charge on any atom is -0.366 e. The number of nitrogens with zero attached hydrogens (tertiary/aromatic N) is 3. The van der Waals surface area contributed by atoms with Crippen molar-refractivity contribution in [3.05, 3.63) is 97.2 Å². The molecule has 0 spiro atoms. The Kier molecular flexibility index (Phi) is 5.23. The number of aromatic nitrogens is 3. The van der Waals surface area contributed by atoms with E-state index in [-0.39, 0.29) is 17.4 Å². The van der Waals surface area contributed by atoms with Crippen molar-refractivity contribution in [3.8, 4) is 11.3 Å². The van der Waals surface area contributed by atoms with Crippen molar-refractivity contribution in [3.63, 3.8) is 0 Å². The Labute approximate surface area is 193 Å². The van der Waals surface area contributed by atoms with Crippen LogP contribution >= 0.6 is 15.9 Å². The molecule has 0 radical (unpaired) electrons. The Bertz CT molecular complexity index is 1460. The lowest BCUT2D eigenvalue weighted by molar-refractivity contribution is 0.0532. The van der Waals surface area contributed by atoms with Gasteiger partial charge in [-0.3, -0.25) is 13.9 Å². The largest absolute Gasteiger partial charge is 0.366 e. The standard InChI is InChI=1S/C25H22BrN3O3/c1-27-23-20(24(30)28(2)25(27)31)21(17-9-11-18(26)12-10-17)29-14-15-32-19(22(23)29)13-8-16-6-4-3-5-7-16/h3-13,19H,14-15H2,1-2H3/b13-8+/t19-/m1/s1. The maximum Gasteiger partial charge on any atom is 0.331 e. The fraction of sp³-hybridized carbons (Fsp3) is 0.200. The molecule has 0 aliphatic carbocycles. The molecule has 0 saturated carbocycles. The molecular weight excluding hydrogens is 470 g/mol. The Morgan fingerprint density at radius 3 is 2.44 bits per heavy atom. The first kappa shape index (κ1) is 20.7. The lowest BCUT2D eigenvalue weighted by atomic mass is 10.1. The van der Waals surface area contributed by atoms with Gasteiger partial charge in [-0.1, -0.05) is 64.5 Å². The summed E-state index contributed by atoms with van der Waals surface area (Å²) in [6.45, 7) is 1.11. The van der Waals surface area contributed by atoms with Crippen LogP contribution in [0.1, 0.15) is 17.4 Å². The lowest BCUT2D eigenvalue weighted by Gasteiger charge is -2.25. The molecule has 0 amide bonds. The number of halogens is 1. The Hall–Kier alpha value is -3.16. The van der Waals surface area contributed by atoms with Crippen LogP contribution in [0, 0.1) is 0 Å². The molecule has 1 aliphatic rings. The average molecular weight is 492 g/mol. The van der Waals surface area contributed by atoms with Crippen molar-refractivity contribution < 1.29 is 4.74 Å². The van der Waals surface area contributed by atoms with Gasteiger partial charge in [0.15, 0.2) is 0 Å². The van der Waals surface area contributed by atoms with E-state index in [4.69, 9.17) is 4.74 Å². The molecule has 32 heavy (non-hydrogen) atoms. The molecule has 0 N–H and O–H groups in total. The fourth-order valence-electron chi connectivity index (χ4n) is 4.43. The van der Waals surface area contributed by atoms with E-state index >= 15 is 0 Å². The minimum absolute atomic E-state index is 0.297. The van der Waals surface area contributed by atoms with Crippen molar-refractivity contribution in [1.82, 2.24) is 13.7 Å². The number of benzene rings is 2. The topological polar surface area (TPSA) is 58.2 Å². The summed E-state index contributed by atoms with van der Waals surface area (Å²) >= 11 is 3.49. The van der Waals surface area contributed by atoms with Crippen LogP contribution in [-0.2, 0) is 25.4 Å². The molecule has 3 heterocycles. The van der Waals surface area contributed by atoms with Crippen molar-refractivity contribution in [2.75, 3.05) is 6.61 Å². The summed E-state index contributed by atoms with van der Waals surface area (Å²) in [4.78, 5) is 26.2. The number of ether oxygens (including phenoxy) is 1. The highest BCUT2D eigenvalue weighted by molar-refractivity contribution is 9.10. The SMILES string of the molecule is Cn1c(=O)c2c(-c3ccc(Br)cc3)n3c(c2n(C)c1=O)[C@@H](/C=C/c1ccccc1)OCC3. The van der Waals surface area contributed by atoms with Crippen molar-refractivity contribution >= 4 is 32.9 Å². The highest BCUT2D eigenvalue weighted by atomic mass is 79.9. The number of rotatable bonds is 3. The first-order chi connectivity index (χ1) is 15.5. The summed E-state index contributed by atoms with van der Waals surface area (Å²) in [6.07, 6.45) is 3.62. The molecule has 0 unspecified atom stereocenters. The van der Waals surface area contributed by atoms with E-state index in [0.717, 1.165) is 27.0 Å². The van der Waals surface area contributed by atoms with E-state index in [1.807, 2.05) is 66.7 Å². The third-order valence-corrected chi connectivity index (χ3v) is 6.50. The van der Waals surface area contributed by atoms with E-state index in [9.17, 15) is 9.59 Å². The molecule has 6 nitrogen and oxygen atoms in total. The van der Waals surface area contributed by atoms with Crippen molar-refractivity contribution in [1.29, 1.82) is 0 Å². The first-order valence-corrected chi connectivity index (χ1v) is 11.2. The molecule has 1 atom stereocenters. The van der Waals surface area contributed by atoms with Gasteiger partial charge in [-0.2, -0.15) is 0 Å². The van der Waals surface area contributed by atoms with Gasteiger partial charge in [0.1, 0.15) is 6.10 Å². The van der Waals surface area contributed by atoms with Crippen LogP contribution < -0.4 is 11.2 Å². The predicted octanol–water partition coefficient (Wildman–Crippen LogP) is 4.25. The van der Waals surface area contributed by atoms with Gasteiger partial charge >= 0.3 is 5.69 Å². The second-order valence-electron chi connectivity index (χ2n) is 7.88. The van der Waals surface area contributed by atoms with E-state index in [2.05, 4.69) is 20.5 Å². The first-order valence-electron chi connectivity index (χ1n) is 10.4. The molecule has 4 aromatic rings. The van der Waals surface area contributed by atoms with Crippen LogP contribution in [0.15, 0.2) is 74.7 Å². The monoisotopic (exact) mass is 491 g/mol. The van der Waals surface area contributed by atoms with Crippen molar-refractivity contribution in [2.45, 2.75) is 12.6 Å². The van der Waals surface area contributed by atoms with Gasteiger partial charge in [0.25, 0.3) is 5.56 Å². The van der Waals surface area contributed by atoms with Gasteiger partial charge in [0.05, 0.1) is 28.9 Å². The van der Waals surface area contributed by atoms with E-state index < -0.39 is 0 Å². The molecular formula is C25H22BrN3O3. The molecule has 162 valence electrons. The molecule has 1 aliphatic heterocycles. The fourth-order valence-corrected chi connectivity index (χ4v) is 4.69. The number of aryl methyl sites for hydroxylation is 1. The third-order valence-electron chi connectivity index (χ3n) is 5.97. The summed E-state index contributed by atoms with van der Waals surface area (Å²) in [5.74, 6) is 0. The van der Waals surface area contributed by atoms with Crippen LogP contribution in [0.25, 0.3) is 28.2 Å². The highest BCUT2D eigenvalue weighted by Gasteiger charge is 2.31. The maximum absolute atomic E-state index is 13.3. The zero-order chi connectivity index (χ0) is 22.4. The van der Waals surface area contributed by atoms with Crippen LogP contribution in [0.3, 0.4) is 0 Å². The van der Waals surface area contributed by atoms with Gasteiger partial charge in [0.2, 0.25) is 0 Å². The average Bonchev–Trinajstić information content (AvgIpc) is 3.17. The number of fused-ring (bicyclic) bond motifs is 3. The summed E-state index contributed by atoms with van der Waals surface area (Å²) in [5, 5.41) is 0.538. The normalized spacial score (nSPS) is 16.0. The van der Waals surface area contributed by atoms with Gasteiger partial charge in [0, 0.05) is 25.1 Å². The van der Waals surface area contributed by atoms with Crippen LogP contribution in [0.2, 0.25) is 0 Å². The summed E-state index contributed by atoms with van der Waals surface area (Å²) in [7, 11) is 3.23. The predicted molar refractivity (Wildman–Crippen MR) is 130 cm³/mol. The molecule has 0 fully saturated rings. The zero-order valence-electron chi connectivity index (χ0n) is 17.8. The van der Waals surface area contributed by atoms with E-state index in [1.54, 1.807) is 11.6 Å². The quantitative estimate of drug-likeness (QED) is 0.430. The van der Waals surface area contributed by atoms with E-state index in [1.165, 1.54) is 11.6 Å². The minimum atomic E-state index is -0.381. The lowest BCUT2D eigenvalue weighted by Crippen LogP contribution is -2.37. The molecule has 7 heteroatoms. The Balaban J connectivity index is 1.83. The van der Waals surface area contributed by atoms with Crippen LogP contribution in [-0.4, -0.2) is 20.3 Å².